The van der Waals surface area contributed by atoms with E-state index in [4.69, 9.17) is 11.5 Å². The molecule has 0 bridgehead atoms. The molecule has 0 unspecified atom stereocenters. The maximum absolute atomic E-state index is 13.0. The molecule has 0 aliphatic rings. The minimum absolute atomic E-state index is 0.00759. The third-order valence-electron chi connectivity index (χ3n) is 1.83. The number of anilines is 2. The first-order valence-corrected chi connectivity index (χ1v) is 4.06. The molecule has 0 saturated heterocycles. The van der Waals surface area contributed by atoms with Gasteiger partial charge in [0.05, 0.1) is 17.9 Å². The summed E-state index contributed by atoms with van der Waals surface area (Å²) in [6.07, 6.45) is 0. The highest BCUT2D eigenvalue weighted by molar-refractivity contribution is 5.81. The van der Waals surface area contributed by atoms with Gasteiger partial charge in [-0.1, -0.05) is 6.07 Å². The van der Waals surface area contributed by atoms with E-state index in [0.717, 1.165) is 0 Å². The minimum Gasteiger partial charge on any atom is -0.395 e. The molecule has 14 heavy (non-hydrogen) atoms. The number of hydrogen-bond acceptors (Lipinski definition) is 3. The van der Waals surface area contributed by atoms with Crippen LogP contribution in [0.15, 0.2) is 18.2 Å². The lowest BCUT2D eigenvalue weighted by molar-refractivity contribution is -0.116. The second-order valence-corrected chi connectivity index (χ2v) is 3.00. The molecule has 0 aromatic heterocycles. The van der Waals surface area contributed by atoms with Crippen LogP contribution in [0.25, 0.3) is 0 Å². The Kier molecular flexibility index (Phi) is 2.91. The van der Waals surface area contributed by atoms with Crippen molar-refractivity contribution >= 4 is 17.3 Å². The van der Waals surface area contributed by atoms with E-state index >= 15 is 0 Å². The standard InChI is InChI=1S/C9H12FN3O/c1-13(5-8(11)14)7-4-2-3-6(10)9(7)12/h2-4H,5,12H2,1H3,(H2,11,14). The Morgan fingerprint density at radius 1 is 1.57 bits per heavy atom. The van der Waals surface area contributed by atoms with Gasteiger partial charge in [0, 0.05) is 7.05 Å². The molecule has 4 N–H and O–H groups in total. The number of nitrogens with two attached hydrogens (primary N) is 2. The molecule has 0 spiro atoms. The van der Waals surface area contributed by atoms with Gasteiger partial charge in [-0.3, -0.25) is 4.79 Å². The molecule has 76 valence electrons. The topological polar surface area (TPSA) is 72.3 Å². The van der Waals surface area contributed by atoms with Crippen molar-refractivity contribution in [3.63, 3.8) is 0 Å². The van der Waals surface area contributed by atoms with Gasteiger partial charge >= 0.3 is 0 Å². The summed E-state index contributed by atoms with van der Waals surface area (Å²) in [6.45, 7) is 0.00759. The lowest BCUT2D eigenvalue weighted by Crippen LogP contribution is -2.31. The van der Waals surface area contributed by atoms with Gasteiger partial charge in [0.25, 0.3) is 0 Å². The summed E-state index contributed by atoms with van der Waals surface area (Å²) in [4.78, 5) is 12.1. The van der Waals surface area contributed by atoms with E-state index in [9.17, 15) is 9.18 Å². The number of rotatable bonds is 3. The fourth-order valence-electron chi connectivity index (χ4n) is 1.18. The van der Waals surface area contributed by atoms with Crippen LogP contribution < -0.4 is 16.4 Å². The molecular weight excluding hydrogens is 185 g/mol. The third kappa shape index (κ3) is 2.12. The van der Waals surface area contributed by atoms with E-state index in [2.05, 4.69) is 0 Å². The number of hydrogen-bond donors (Lipinski definition) is 2. The number of primary amides is 1. The number of para-hydroxylation sites is 1. The lowest BCUT2D eigenvalue weighted by Gasteiger charge is -2.19. The molecule has 0 heterocycles. The average Bonchev–Trinajstić information content (AvgIpc) is 2.08. The molecule has 0 radical (unpaired) electrons. The first kappa shape index (κ1) is 10.3. The summed E-state index contributed by atoms with van der Waals surface area (Å²) in [7, 11) is 1.62. The van der Waals surface area contributed by atoms with Gasteiger partial charge in [-0.2, -0.15) is 0 Å². The summed E-state index contributed by atoms with van der Waals surface area (Å²) in [6, 6.07) is 4.41. The van der Waals surface area contributed by atoms with E-state index < -0.39 is 11.7 Å². The highest BCUT2D eigenvalue weighted by Crippen LogP contribution is 2.23. The Hall–Kier alpha value is -1.78. The Labute approximate surface area is 81.3 Å². The van der Waals surface area contributed by atoms with E-state index in [-0.39, 0.29) is 12.2 Å². The maximum atomic E-state index is 13.0. The number of carbonyl (C=O) groups is 1. The van der Waals surface area contributed by atoms with Crippen LogP contribution in [0.2, 0.25) is 0 Å². The fourth-order valence-corrected chi connectivity index (χ4v) is 1.18. The van der Waals surface area contributed by atoms with Crippen LogP contribution in [-0.2, 0) is 4.79 Å². The summed E-state index contributed by atoms with van der Waals surface area (Å²) < 4.78 is 13.0. The molecule has 4 nitrogen and oxygen atoms in total. The van der Waals surface area contributed by atoms with Crippen LogP contribution in [0.1, 0.15) is 0 Å². The van der Waals surface area contributed by atoms with Crippen molar-refractivity contribution in [2.24, 2.45) is 5.73 Å². The number of carbonyl (C=O) groups excluding carboxylic acids is 1. The maximum Gasteiger partial charge on any atom is 0.236 e. The number of nitrogen functional groups attached to an aromatic ring is 1. The molecule has 1 aromatic carbocycles. The quantitative estimate of drug-likeness (QED) is 0.686. The molecule has 1 amide bonds. The van der Waals surface area contributed by atoms with Crippen molar-refractivity contribution in [2.75, 3.05) is 24.2 Å². The summed E-state index contributed by atoms with van der Waals surface area (Å²) in [5.41, 5.74) is 11.0. The zero-order valence-electron chi connectivity index (χ0n) is 7.83. The van der Waals surface area contributed by atoms with Gasteiger partial charge in [0.15, 0.2) is 0 Å². The molecule has 1 aromatic rings. The fraction of sp³-hybridized carbons (Fsp3) is 0.222. The van der Waals surface area contributed by atoms with Crippen LogP contribution >= 0.6 is 0 Å². The van der Waals surface area contributed by atoms with E-state index in [1.807, 2.05) is 0 Å². The summed E-state index contributed by atoms with van der Waals surface area (Å²) >= 11 is 0. The molecule has 0 saturated carbocycles. The van der Waals surface area contributed by atoms with Gasteiger partial charge < -0.3 is 16.4 Å². The van der Waals surface area contributed by atoms with Gasteiger partial charge in [-0.15, -0.1) is 0 Å². The molecule has 1 rings (SSSR count). The van der Waals surface area contributed by atoms with Gasteiger partial charge in [-0.05, 0) is 12.1 Å². The van der Waals surface area contributed by atoms with Crippen molar-refractivity contribution in [3.8, 4) is 0 Å². The SMILES string of the molecule is CN(CC(N)=O)c1cccc(F)c1N. The van der Waals surface area contributed by atoms with Crippen LogP contribution in [0.3, 0.4) is 0 Å². The van der Waals surface area contributed by atoms with Gasteiger partial charge in [0.2, 0.25) is 5.91 Å². The zero-order chi connectivity index (χ0) is 10.7. The van der Waals surface area contributed by atoms with Crippen LogP contribution in [0, 0.1) is 5.82 Å². The average molecular weight is 197 g/mol. The predicted molar refractivity (Wildman–Crippen MR) is 53.3 cm³/mol. The smallest absolute Gasteiger partial charge is 0.236 e. The van der Waals surface area contributed by atoms with Crippen molar-refractivity contribution in [1.29, 1.82) is 0 Å². The van der Waals surface area contributed by atoms with E-state index in [0.29, 0.717) is 5.69 Å². The normalized spacial score (nSPS) is 9.86. The first-order chi connectivity index (χ1) is 6.52. The molecular formula is C9H12FN3O. The van der Waals surface area contributed by atoms with Crippen LogP contribution in [0.4, 0.5) is 15.8 Å². The second kappa shape index (κ2) is 3.95. The van der Waals surface area contributed by atoms with Gasteiger partial charge in [-0.25, -0.2) is 4.39 Å². The molecule has 0 aliphatic heterocycles. The van der Waals surface area contributed by atoms with E-state index in [1.165, 1.54) is 17.0 Å². The lowest BCUT2D eigenvalue weighted by atomic mass is 10.2. The number of halogens is 1. The zero-order valence-corrected chi connectivity index (χ0v) is 7.83. The molecule has 0 atom stereocenters. The van der Waals surface area contributed by atoms with Gasteiger partial charge in [0.1, 0.15) is 5.82 Å². The minimum atomic E-state index is -0.501. The highest BCUT2D eigenvalue weighted by atomic mass is 19.1. The number of benzene rings is 1. The second-order valence-electron chi connectivity index (χ2n) is 3.00. The van der Waals surface area contributed by atoms with Crippen LogP contribution in [-0.4, -0.2) is 19.5 Å². The Bertz CT molecular complexity index is 354. The van der Waals surface area contributed by atoms with Crippen molar-refractivity contribution in [3.05, 3.63) is 24.0 Å². The number of amides is 1. The predicted octanol–water partition coefficient (Wildman–Crippen LogP) is 0.329. The van der Waals surface area contributed by atoms with Crippen LogP contribution in [0.5, 0.6) is 0 Å². The largest absolute Gasteiger partial charge is 0.395 e. The number of likely N-dealkylation sites (N-methyl/N-ethyl adjacent to an activating group) is 1. The Balaban J connectivity index is 2.95. The van der Waals surface area contributed by atoms with Crippen molar-refractivity contribution in [2.45, 2.75) is 0 Å². The summed E-state index contributed by atoms with van der Waals surface area (Å²) in [5, 5.41) is 0. The summed E-state index contributed by atoms with van der Waals surface area (Å²) in [5.74, 6) is -0.991. The highest BCUT2D eigenvalue weighted by Gasteiger charge is 2.10. The Morgan fingerprint density at radius 3 is 2.79 bits per heavy atom. The Morgan fingerprint density at radius 2 is 2.21 bits per heavy atom. The van der Waals surface area contributed by atoms with Crippen molar-refractivity contribution in [1.82, 2.24) is 0 Å². The monoisotopic (exact) mass is 197 g/mol. The third-order valence-corrected chi connectivity index (χ3v) is 1.83. The molecule has 0 aliphatic carbocycles. The van der Waals surface area contributed by atoms with Crippen molar-refractivity contribution < 1.29 is 9.18 Å². The molecule has 5 heteroatoms. The number of nitrogens with zero attached hydrogens (tertiary/aromatic N) is 1. The molecule has 0 fully saturated rings. The first-order valence-electron chi connectivity index (χ1n) is 4.06. The van der Waals surface area contributed by atoms with E-state index in [1.54, 1.807) is 13.1 Å².